The van der Waals surface area contributed by atoms with Crippen LogP contribution in [0.3, 0.4) is 0 Å². The van der Waals surface area contributed by atoms with Crippen molar-refractivity contribution >= 4 is 17.6 Å². The Hall–Kier alpha value is -1.13. The van der Waals surface area contributed by atoms with Crippen LogP contribution in [-0.2, 0) is 4.79 Å². The van der Waals surface area contributed by atoms with Crippen LogP contribution in [0, 0.1) is 0 Å². The first-order valence-electron chi connectivity index (χ1n) is 3.21. The quantitative estimate of drug-likeness (QED) is 0.717. The van der Waals surface area contributed by atoms with E-state index in [2.05, 4.69) is 4.98 Å². The first-order valence-corrected chi connectivity index (χ1v) is 3.59. The van der Waals surface area contributed by atoms with E-state index in [9.17, 15) is 4.79 Å². The van der Waals surface area contributed by atoms with E-state index >= 15 is 0 Å². The van der Waals surface area contributed by atoms with Gasteiger partial charge in [-0.05, 0) is 12.1 Å². The molecular formula is C7H7ClN2O2. The van der Waals surface area contributed by atoms with Gasteiger partial charge in [0.25, 0.3) is 0 Å². The van der Waals surface area contributed by atoms with Crippen molar-refractivity contribution in [3.05, 3.63) is 29.0 Å². The summed E-state index contributed by atoms with van der Waals surface area (Å²) in [6.07, 6.45) is 1.42. The van der Waals surface area contributed by atoms with E-state index in [4.69, 9.17) is 22.4 Å². The van der Waals surface area contributed by atoms with E-state index in [0.29, 0.717) is 5.02 Å². The molecule has 1 aromatic rings. The zero-order valence-electron chi connectivity index (χ0n) is 6.07. The molecule has 0 aliphatic carbocycles. The van der Waals surface area contributed by atoms with Crippen LogP contribution < -0.4 is 5.73 Å². The number of hydrogen-bond acceptors (Lipinski definition) is 3. The van der Waals surface area contributed by atoms with Crippen LogP contribution in [-0.4, -0.2) is 16.1 Å². The Balaban J connectivity index is 2.95. The number of nitrogens with two attached hydrogens (primary N) is 1. The first kappa shape index (κ1) is 8.96. The maximum Gasteiger partial charge on any atom is 0.326 e. The van der Waals surface area contributed by atoms with Crippen molar-refractivity contribution in [2.75, 3.05) is 0 Å². The largest absolute Gasteiger partial charge is 0.480 e. The Morgan fingerprint density at radius 1 is 1.75 bits per heavy atom. The molecule has 12 heavy (non-hydrogen) atoms. The summed E-state index contributed by atoms with van der Waals surface area (Å²) in [5, 5.41) is 8.95. The van der Waals surface area contributed by atoms with Crippen molar-refractivity contribution in [2.45, 2.75) is 6.04 Å². The topological polar surface area (TPSA) is 76.2 Å². The third-order valence-corrected chi connectivity index (χ3v) is 1.56. The highest BCUT2D eigenvalue weighted by Gasteiger charge is 2.15. The minimum atomic E-state index is -1.12. The molecule has 0 aliphatic heterocycles. The second-order valence-corrected chi connectivity index (χ2v) is 2.65. The summed E-state index contributed by atoms with van der Waals surface area (Å²) in [5.74, 6) is -1.12. The van der Waals surface area contributed by atoms with Crippen molar-refractivity contribution in [1.82, 2.24) is 4.98 Å². The molecule has 0 unspecified atom stereocenters. The average molecular weight is 187 g/mol. The van der Waals surface area contributed by atoms with E-state index in [1.54, 1.807) is 6.07 Å². The Kier molecular flexibility index (Phi) is 2.62. The number of halogens is 1. The summed E-state index contributed by atoms with van der Waals surface area (Å²) in [6, 6.07) is 1.88. The summed E-state index contributed by atoms with van der Waals surface area (Å²) in [4.78, 5) is 14.2. The lowest BCUT2D eigenvalue weighted by molar-refractivity contribution is -0.138. The van der Waals surface area contributed by atoms with Gasteiger partial charge in [-0.25, -0.2) is 0 Å². The van der Waals surface area contributed by atoms with Gasteiger partial charge in [-0.3, -0.25) is 9.78 Å². The molecule has 0 saturated heterocycles. The van der Waals surface area contributed by atoms with Gasteiger partial charge < -0.3 is 10.8 Å². The number of nitrogens with zero attached hydrogens (tertiary/aromatic N) is 1. The van der Waals surface area contributed by atoms with Crippen LogP contribution >= 0.6 is 11.6 Å². The maximum absolute atomic E-state index is 10.4. The Morgan fingerprint density at radius 3 is 2.92 bits per heavy atom. The lowest BCUT2D eigenvalue weighted by Gasteiger charge is -2.04. The van der Waals surface area contributed by atoms with Gasteiger partial charge >= 0.3 is 5.97 Å². The van der Waals surface area contributed by atoms with Gasteiger partial charge in [0.05, 0.1) is 5.69 Å². The molecule has 0 fully saturated rings. The molecule has 4 nitrogen and oxygen atoms in total. The van der Waals surface area contributed by atoms with Crippen LogP contribution in [0.1, 0.15) is 11.7 Å². The highest BCUT2D eigenvalue weighted by molar-refractivity contribution is 6.30. The van der Waals surface area contributed by atoms with E-state index < -0.39 is 12.0 Å². The number of aromatic nitrogens is 1. The highest BCUT2D eigenvalue weighted by Crippen LogP contribution is 2.12. The van der Waals surface area contributed by atoms with Gasteiger partial charge in [-0.15, -0.1) is 0 Å². The second kappa shape index (κ2) is 3.51. The Labute approximate surface area is 74.0 Å². The van der Waals surface area contributed by atoms with E-state index in [-0.39, 0.29) is 5.69 Å². The number of rotatable bonds is 2. The van der Waals surface area contributed by atoms with Crippen LogP contribution in [0.4, 0.5) is 0 Å². The molecule has 1 atom stereocenters. The number of aliphatic carboxylic acids is 1. The molecule has 3 N–H and O–H groups in total. The summed E-state index contributed by atoms with van der Waals surface area (Å²) >= 11 is 5.61. The summed E-state index contributed by atoms with van der Waals surface area (Å²) < 4.78 is 0. The van der Waals surface area contributed by atoms with Crippen molar-refractivity contribution < 1.29 is 9.90 Å². The summed E-state index contributed by atoms with van der Waals surface area (Å²) in [5.41, 5.74) is 5.55. The molecular weight excluding hydrogens is 180 g/mol. The standard InChI is InChI=1S/C7H7ClN2O2/c8-4-1-2-10-5(3-4)6(9)7(11)12/h1-3,6H,9H2,(H,11,12)/t6-/m1/s1. The number of carboxylic acid groups (broad SMARTS) is 1. The van der Waals surface area contributed by atoms with Crippen LogP contribution in [0.15, 0.2) is 18.3 Å². The third-order valence-electron chi connectivity index (χ3n) is 1.33. The van der Waals surface area contributed by atoms with Crippen molar-refractivity contribution in [2.24, 2.45) is 5.73 Å². The SMILES string of the molecule is N[C@@H](C(=O)O)c1cc(Cl)ccn1. The predicted molar refractivity (Wildman–Crippen MR) is 43.8 cm³/mol. The van der Waals surface area contributed by atoms with E-state index in [0.717, 1.165) is 0 Å². The molecule has 5 heteroatoms. The number of hydrogen-bond donors (Lipinski definition) is 2. The molecule has 0 bridgehead atoms. The fraction of sp³-hybridized carbons (Fsp3) is 0.143. The van der Waals surface area contributed by atoms with Crippen molar-refractivity contribution in [1.29, 1.82) is 0 Å². The number of carboxylic acids is 1. The molecule has 0 aliphatic rings. The zero-order chi connectivity index (χ0) is 9.14. The average Bonchev–Trinajstić information content (AvgIpc) is 2.03. The summed E-state index contributed by atoms with van der Waals surface area (Å²) in [7, 11) is 0. The first-order chi connectivity index (χ1) is 5.61. The van der Waals surface area contributed by atoms with E-state index in [1.807, 2.05) is 0 Å². The monoisotopic (exact) mass is 186 g/mol. The molecule has 0 saturated carbocycles. The molecule has 1 heterocycles. The Bertz CT molecular complexity index is 303. The van der Waals surface area contributed by atoms with Crippen LogP contribution in [0.25, 0.3) is 0 Å². The fourth-order valence-corrected chi connectivity index (χ4v) is 0.886. The van der Waals surface area contributed by atoms with Crippen LogP contribution in [0.2, 0.25) is 5.02 Å². The smallest absolute Gasteiger partial charge is 0.326 e. The van der Waals surface area contributed by atoms with Crippen molar-refractivity contribution in [3.8, 4) is 0 Å². The lowest BCUT2D eigenvalue weighted by Crippen LogP contribution is -2.21. The van der Waals surface area contributed by atoms with Gasteiger partial charge in [0.15, 0.2) is 0 Å². The van der Waals surface area contributed by atoms with Gasteiger partial charge in [0.1, 0.15) is 6.04 Å². The van der Waals surface area contributed by atoms with Gasteiger partial charge in [0, 0.05) is 11.2 Å². The Morgan fingerprint density at radius 2 is 2.42 bits per heavy atom. The highest BCUT2D eigenvalue weighted by atomic mass is 35.5. The minimum absolute atomic E-state index is 0.259. The summed E-state index contributed by atoms with van der Waals surface area (Å²) in [6.45, 7) is 0. The number of carbonyl (C=O) groups is 1. The van der Waals surface area contributed by atoms with Gasteiger partial charge in [-0.2, -0.15) is 0 Å². The number of pyridine rings is 1. The van der Waals surface area contributed by atoms with Crippen molar-refractivity contribution in [3.63, 3.8) is 0 Å². The molecule has 0 amide bonds. The van der Waals surface area contributed by atoms with Gasteiger partial charge in [0.2, 0.25) is 0 Å². The molecule has 0 radical (unpaired) electrons. The molecule has 64 valence electrons. The fourth-order valence-electron chi connectivity index (χ4n) is 0.718. The molecule has 1 aromatic heterocycles. The minimum Gasteiger partial charge on any atom is -0.480 e. The molecule has 0 aromatic carbocycles. The molecule has 1 rings (SSSR count). The second-order valence-electron chi connectivity index (χ2n) is 2.21. The lowest BCUT2D eigenvalue weighted by atomic mass is 10.2. The third kappa shape index (κ3) is 1.93. The van der Waals surface area contributed by atoms with Gasteiger partial charge in [-0.1, -0.05) is 11.6 Å². The van der Waals surface area contributed by atoms with Crippen LogP contribution in [0.5, 0.6) is 0 Å². The maximum atomic E-state index is 10.4. The normalized spacial score (nSPS) is 12.5. The zero-order valence-corrected chi connectivity index (χ0v) is 6.82. The van der Waals surface area contributed by atoms with E-state index in [1.165, 1.54) is 12.3 Å². The molecule has 0 spiro atoms. The predicted octanol–water partition coefficient (Wildman–Crippen LogP) is 0.819.